The number of methoxy groups -OCH3 is 1. The van der Waals surface area contributed by atoms with Gasteiger partial charge in [-0.1, -0.05) is 6.07 Å². The van der Waals surface area contributed by atoms with Gasteiger partial charge in [-0.25, -0.2) is 8.42 Å². The summed E-state index contributed by atoms with van der Waals surface area (Å²) in [5.74, 6) is 0.136. The number of nitrogens with one attached hydrogen (secondary N) is 1. The molecule has 0 saturated carbocycles. The quantitative estimate of drug-likeness (QED) is 0.815. The predicted molar refractivity (Wildman–Crippen MR) is 112 cm³/mol. The maximum Gasteiger partial charge on any atom is 0.243 e. The third kappa shape index (κ3) is 4.16. The number of hydrogen-bond donors (Lipinski definition) is 1. The number of anilines is 1. The minimum atomic E-state index is -3.64. The molecule has 0 aromatic heterocycles. The zero-order valence-electron chi connectivity index (χ0n) is 16.6. The van der Waals surface area contributed by atoms with E-state index in [0.717, 1.165) is 24.9 Å². The molecule has 6 nitrogen and oxygen atoms in total. The van der Waals surface area contributed by atoms with E-state index in [0.29, 0.717) is 25.1 Å². The van der Waals surface area contributed by atoms with Crippen molar-refractivity contribution in [1.82, 2.24) is 4.31 Å². The summed E-state index contributed by atoms with van der Waals surface area (Å²) in [5.41, 5.74) is 3.46. The fourth-order valence-corrected chi connectivity index (χ4v) is 5.69. The number of carbonyl (C=O) groups excluding carboxylic acids is 1. The van der Waals surface area contributed by atoms with Crippen LogP contribution in [0.1, 0.15) is 30.4 Å². The number of hydrogen-bond acceptors (Lipinski definition) is 4. The molecule has 1 aliphatic heterocycles. The third-order valence-electron chi connectivity index (χ3n) is 5.82. The van der Waals surface area contributed by atoms with Crippen LogP contribution in [0.3, 0.4) is 0 Å². The molecule has 29 heavy (non-hydrogen) atoms. The lowest BCUT2D eigenvalue weighted by Crippen LogP contribution is -2.43. The molecule has 2 aromatic carbocycles. The lowest BCUT2D eigenvalue weighted by molar-refractivity contribution is -0.120. The Bertz CT molecular complexity index is 1000. The molecule has 0 unspecified atom stereocenters. The largest absolute Gasteiger partial charge is 0.497 e. The van der Waals surface area contributed by atoms with Gasteiger partial charge in [-0.2, -0.15) is 4.31 Å². The first-order chi connectivity index (χ1) is 14.0. The van der Waals surface area contributed by atoms with Gasteiger partial charge in [0.05, 0.1) is 17.9 Å². The number of nitrogens with zero attached hydrogens (tertiary/aromatic N) is 1. The number of fused-ring (bicyclic) bond motifs is 1. The van der Waals surface area contributed by atoms with Crippen LogP contribution in [0, 0.1) is 5.92 Å². The van der Waals surface area contributed by atoms with Crippen LogP contribution in [0.15, 0.2) is 47.4 Å². The Labute approximate surface area is 171 Å². The van der Waals surface area contributed by atoms with E-state index in [9.17, 15) is 13.2 Å². The average molecular weight is 415 g/mol. The fraction of sp³-hybridized carbons (Fsp3) is 0.409. The maximum atomic E-state index is 13.0. The lowest BCUT2D eigenvalue weighted by Gasteiger charge is -2.31. The molecule has 0 spiro atoms. The molecule has 0 bridgehead atoms. The number of ether oxygens (including phenoxy) is 1. The zero-order chi connectivity index (χ0) is 20.4. The molecule has 0 radical (unpaired) electrons. The van der Waals surface area contributed by atoms with Gasteiger partial charge in [0.25, 0.3) is 0 Å². The minimum Gasteiger partial charge on any atom is -0.497 e. The second kappa shape index (κ2) is 8.16. The van der Waals surface area contributed by atoms with Crippen LogP contribution < -0.4 is 10.1 Å². The van der Waals surface area contributed by atoms with Crippen LogP contribution in [0.2, 0.25) is 0 Å². The maximum absolute atomic E-state index is 13.0. The first-order valence-electron chi connectivity index (χ1n) is 10.0. The van der Waals surface area contributed by atoms with Crippen LogP contribution in [0.4, 0.5) is 5.69 Å². The van der Waals surface area contributed by atoms with Crippen molar-refractivity contribution in [2.45, 2.75) is 37.0 Å². The van der Waals surface area contributed by atoms with Gasteiger partial charge in [-0.3, -0.25) is 4.79 Å². The summed E-state index contributed by atoms with van der Waals surface area (Å²) in [5, 5.41) is 2.99. The van der Waals surface area contributed by atoms with Crippen molar-refractivity contribution in [2.24, 2.45) is 5.92 Å². The summed E-state index contributed by atoms with van der Waals surface area (Å²) < 4.78 is 32.5. The monoisotopic (exact) mass is 414 g/mol. The topological polar surface area (TPSA) is 75.7 Å². The Hall–Kier alpha value is -2.38. The van der Waals surface area contributed by atoms with Crippen molar-refractivity contribution in [1.29, 1.82) is 0 Å². The van der Waals surface area contributed by atoms with Crippen molar-refractivity contribution < 1.29 is 17.9 Å². The first kappa shape index (κ1) is 19.9. The summed E-state index contributed by atoms with van der Waals surface area (Å²) >= 11 is 0. The Morgan fingerprint density at radius 2 is 1.83 bits per heavy atom. The normalized spacial score (nSPS) is 19.6. The Kier molecular flexibility index (Phi) is 5.61. The number of carbonyl (C=O) groups is 1. The molecule has 1 N–H and O–H groups in total. The molecule has 4 rings (SSSR count). The summed E-state index contributed by atoms with van der Waals surface area (Å²) in [6.45, 7) is 0.627. The van der Waals surface area contributed by atoms with E-state index in [2.05, 4.69) is 17.4 Å². The Balaban J connectivity index is 1.45. The van der Waals surface area contributed by atoms with E-state index in [4.69, 9.17) is 4.74 Å². The van der Waals surface area contributed by atoms with Gasteiger partial charge in [0, 0.05) is 18.8 Å². The summed E-state index contributed by atoms with van der Waals surface area (Å²) in [4.78, 5) is 13.0. The third-order valence-corrected chi connectivity index (χ3v) is 7.70. The minimum absolute atomic E-state index is 0.113. The molecule has 1 amide bonds. The van der Waals surface area contributed by atoms with Crippen LogP contribution >= 0.6 is 0 Å². The Morgan fingerprint density at radius 1 is 1.07 bits per heavy atom. The molecule has 1 heterocycles. The number of aryl methyl sites for hydroxylation is 2. The highest BCUT2D eigenvalue weighted by Crippen LogP contribution is 2.28. The zero-order valence-corrected chi connectivity index (χ0v) is 17.4. The summed E-state index contributed by atoms with van der Waals surface area (Å²) in [6, 6.07) is 12.4. The van der Waals surface area contributed by atoms with Gasteiger partial charge in [0.1, 0.15) is 5.75 Å². The summed E-state index contributed by atoms with van der Waals surface area (Å²) in [7, 11) is -2.10. The van der Waals surface area contributed by atoms with Crippen LogP contribution in [0.25, 0.3) is 0 Å². The highest BCUT2D eigenvalue weighted by molar-refractivity contribution is 7.89. The van der Waals surface area contributed by atoms with Gasteiger partial charge in [0.2, 0.25) is 15.9 Å². The number of rotatable bonds is 5. The standard InChI is InChI=1S/C22H26N2O4S/c1-28-20-9-11-21(12-10-20)29(26,27)24-13-3-6-18(15-24)22(25)23-19-8-7-16-4-2-5-17(16)14-19/h7-12,14,18H,2-6,13,15H2,1H3,(H,23,25)/t18-/m1/s1. The van der Waals surface area contributed by atoms with Crippen LogP contribution in [0.5, 0.6) is 5.75 Å². The van der Waals surface area contributed by atoms with Gasteiger partial charge >= 0.3 is 0 Å². The van der Waals surface area contributed by atoms with Gasteiger partial charge in [-0.05, 0) is 79.6 Å². The van der Waals surface area contributed by atoms with E-state index < -0.39 is 10.0 Å². The van der Waals surface area contributed by atoms with Crippen molar-refractivity contribution in [2.75, 3.05) is 25.5 Å². The molecule has 154 valence electrons. The lowest BCUT2D eigenvalue weighted by atomic mass is 9.98. The van der Waals surface area contributed by atoms with Crippen molar-refractivity contribution >= 4 is 21.6 Å². The van der Waals surface area contributed by atoms with Gasteiger partial charge < -0.3 is 10.1 Å². The molecule has 7 heteroatoms. The Morgan fingerprint density at radius 3 is 2.59 bits per heavy atom. The number of benzene rings is 2. The van der Waals surface area contributed by atoms with Gasteiger partial charge in [-0.15, -0.1) is 0 Å². The van der Waals surface area contributed by atoms with Crippen molar-refractivity contribution in [3.05, 3.63) is 53.6 Å². The smallest absolute Gasteiger partial charge is 0.243 e. The molecule has 2 aliphatic rings. The van der Waals surface area contributed by atoms with Crippen molar-refractivity contribution in [3.8, 4) is 5.75 Å². The van der Waals surface area contributed by atoms with E-state index in [1.165, 1.54) is 15.4 Å². The van der Waals surface area contributed by atoms with Gasteiger partial charge in [0.15, 0.2) is 0 Å². The van der Waals surface area contributed by atoms with E-state index in [1.807, 2.05) is 6.07 Å². The second-order valence-electron chi connectivity index (χ2n) is 7.70. The molecule has 1 saturated heterocycles. The van der Waals surface area contributed by atoms with E-state index >= 15 is 0 Å². The van der Waals surface area contributed by atoms with Crippen LogP contribution in [-0.2, 0) is 27.7 Å². The van der Waals surface area contributed by atoms with Crippen molar-refractivity contribution in [3.63, 3.8) is 0 Å². The average Bonchev–Trinajstić information content (AvgIpc) is 3.22. The predicted octanol–water partition coefficient (Wildman–Crippen LogP) is 3.22. The molecular weight excluding hydrogens is 388 g/mol. The summed E-state index contributed by atoms with van der Waals surface area (Å²) in [6.07, 6.45) is 4.66. The number of amides is 1. The molecule has 2 aromatic rings. The molecule has 1 fully saturated rings. The fourth-order valence-electron chi connectivity index (χ4n) is 4.17. The van der Waals surface area contributed by atoms with E-state index in [-0.39, 0.29) is 23.3 Å². The highest BCUT2D eigenvalue weighted by atomic mass is 32.2. The highest BCUT2D eigenvalue weighted by Gasteiger charge is 2.33. The number of sulfonamides is 1. The molecule has 1 aliphatic carbocycles. The molecular formula is C22H26N2O4S. The number of piperidine rings is 1. The SMILES string of the molecule is COc1ccc(S(=O)(=O)N2CCC[C@@H](C(=O)Nc3ccc4c(c3)CCC4)C2)cc1. The second-order valence-corrected chi connectivity index (χ2v) is 9.64. The molecule has 1 atom stereocenters. The first-order valence-corrected chi connectivity index (χ1v) is 11.5. The van der Waals surface area contributed by atoms with E-state index in [1.54, 1.807) is 31.4 Å². The van der Waals surface area contributed by atoms with Crippen LogP contribution in [-0.4, -0.2) is 38.8 Å².